The Labute approximate surface area is 126 Å². The molecule has 0 fully saturated rings. The van der Waals surface area contributed by atoms with Gasteiger partial charge in [-0.2, -0.15) is 13.2 Å². The zero-order valence-corrected chi connectivity index (χ0v) is 12.0. The lowest BCUT2D eigenvalue weighted by Gasteiger charge is -2.15. The number of pyridine rings is 1. The standard InChI is InChI=1S/C15H14ClF3N2/c1-10(8-11-2-4-12(16)5-3-11)21-13-6-7-14(20-9-13)15(17,18)19/h2-7,9-10,21H,8H2,1H3. The second kappa shape index (κ2) is 6.35. The minimum Gasteiger partial charge on any atom is -0.381 e. The van der Waals surface area contributed by atoms with Crippen molar-refractivity contribution in [2.45, 2.75) is 25.6 Å². The normalized spacial score (nSPS) is 13.0. The summed E-state index contributed by atoms with van der Waals surface area (Å²) in [6.45, 7) is 1.95. The fourth-order valence-electron chi connectivity index (χ4n) is 1.96. The molecular weight excluding hydrogens is 301 g/mol. The second-order valence-electron chi connectivity index (χ2n) is 4.81. The topological polar surface area (TPSA) is 24.9 Å². The van der Waals surface area contributed by atoms with Gasteiger partial charge in [-0.25, -0.2) is 4.98 Å². The highest BCUT2D eigenvalue weighted by molar-refractivity contribution is 6.30. The predicted octanol–water partition coefficient (Wildman–Crippen LogP) is 4.80. The highest BCUT2D eigenvalue weighted by Crippen LogP contribution is 2.27. The summed E-state index contributed by atoms with van der Waals surface area (Å²) in [6.07, 6.45) is -2.48. The second-order valence-corrected chi connectivity index (χ2v) is 5.24. The average Bonchev–Trinajstić information content (AvgIpc) is 2.41. The first-order valence-corrected chi connectivity index (χ1v) is 6.76. The first-order valence-electron chi connectivity index (χ1n) is 6.39. The number of rotatable bonds is 4. The Morgan fingerprint density at radius 2 is 1.81 bits per heavy atom. The van der Waals surface area contributed by atoms with E-state index in [0.717, 1.165) is 18.1 Å². The Bertz CT molecular complexity index is 579. The maximum Gasteiger partial charge on any atom is 0.433 e. The van der Waals surface area contributed by atoms with E-state index >= 15 is 0 Å². The van der Waals surface area contributed by atoms with Gasteiger partial charge in [0, 0.05) is 11.1 Å². The van der Waals surface area contributed by atoms with Crippen LogP contribution in [0.3, 0.4) is 0 Å². The number of alkyl halides is 3. The van der Waals surface area contributed by atoms with Crippen molar-refractivity contribution in [2.24, 2.45) is 0 Å². The van der Waals surface area contributed by atoms with Crippen LogP contribution in [0.5, 0.6) is 0 Å². The molecule has 0 saturated heterocycles. The van der Waals surface area contributed by atoms with Crippen molar-refractivity contribution in [2.75, 3.05) is 5.32 Å². The van der Waals surface area contributed by atoms with Crippen LogP contribution in [0.2, 0.25) is 5.02 Å². The lowest BCUT2D eigenvalue weighted by molar-refractivity contribution is -0.141. The van der Waals surface area contributed by atoms with Crippen LogP contribution < -0.4 is 5.32 Å². The summed E-state index contributed by atoms with van der Waals surface area (Å²) in [5.41, 5.74) is 0.766. The minimum atomic E-state index is -4.41. The third kappa shape index (κ3) is 4.63. The Balaban J connectivity index is 1.96. The maximum absolute atomic E-state index is 12.4. The predicted molar refractivity (Wildman–Crippen MR) is 77.5 cm³/mol. The lowest BCUT2D eigenvalue weighted by atomic mass is 10.1. The van der Waals surface area contributed by atoms with Gasteiger partial charge >= 0.3 is 6.18 Å². The highest BCUT2D eigenvalue weighted by atomic mass is 35.5. The summed E-state index contributed by atoms with van der Waals surface area (Å²) < 4.78 is 37.2. The van der Waals surface area contributed by atoms with Gasteiger partial charge in [0.2, 0.25) is 0 Å². The summed E-state index contributed by atoms with van der Waals surface area (Å²) in [7, 11) is 0. The van der Waals surface area contributed by atoms with E-state index in [4.69, 9.17) is 11.6 Å². The molecule has 1 N–H and O–H groups in total. The average molecular weight is 315 g/mol. The van der Waals surface area contributed by atoms with Gasteiger partial charge in [-0.15, -0.1) is 0 Å². The van der Waals surface area contributed by atoms with E-state index in [1.54, 1.807) is 0 Å². The monoisotopic (exact) mass is 314 g/mol. The molecule has 112 valence electrons. The van der Waals surface area contributed by atoms with Crippen molar-refractivity contribution in [1.29, 1.82) is 0 Å². The Hall–Kier alpha value is -1.75. The fraction of sp³-hybridized carbons (Fsp3) is 0.267. The van der Waals surface area contributed by atoms with Gasteiger partial charge in [0.25, 0.3) is 0 Å². The van der Waals surface area contributed by atoms with E-state index in [9.17, 15) is 13.2 Å². The third-order valence-electron chi connectivity index (χ3n) is 2.92. The summed E-state index contributed by atoms with van der Waals surface area (Å²) >= 11 is 5.81. The number of aromatic nitrogens is 1. The molecule has 0 aliphatic carbocycles. The van der Waals surface area contributed by atoms with Crippen molar-refractivity contribution in [3.63, 3.8) is 0 Å². The number of nitrogens with zero attached hydrogens (tertiary/aromatic N) is 1. The first-order chi connectivity index (χ1) is 9.84. The summed E-state index contributed by atoms with van der Waals surface area (Å²) in [6, 6.07) is 9.87. The lowest BCUT2D eigenvalue weighted by Crippen LogP contribution is -2.18. The van der Waals surface area contributed by atoms with Crippen molar-refractivity contribution in [3.8, 4) is 0 Å². The van der Waals surface area contributed by atoms with E-state index in [1.165, 1.54) is 12.3 Å². The number of hydrogen-bond acceptors (Lipinski definition) is 2. The van der Waals surface area contributed by atoms with Crippen LogP contribution in [-0.4, -0.2) is 11.0 Å². The van der Waals surface area contributed by atoms with Gasteiger partial charge in [0.15, 0.2) is 0 Å². The molecule has 2 nitrogen and oxygen atoms in total. The van der Waals surface area contributed by atoms with Crippen LogP contribution >= 0.6 is 11.6 Å². The van der Waals surface area contributed by atoms with Crippen molar-refractivity contribution < 1.29 is 13.2 Å². The van der Waals surface area contributed by atoms with Gasteiger partial charge in [-0.05, 0) is 43.2 Å². The van der Waals surface area contributed by atoms with Crippen LogP contribution in [0.1, 0.15) is 18.2 Å². The van der Waals surface area contributed by atoms with Crippen molar-refractivity contribution >= 4 is 17.3 Å². The van der Waals surface area contributed by atoms with Crippen LogP contribution in [0, 0.1) is 0 Å². The largest absolute Gasteiger partial charge is 0.433 e. The molecule has 2 rings (SSSR count). The van der Waals surface area contributed by atoms with Gasteiger partial charge in [0.1, 0.15) is 5.69 Å². The van der Waals surface area contributed by atoms with Crippen LogP contribution in [-0.2, 0) is 12.6 Å². The van der Waals surface area contributed by atoms with Crippen molar-refractivity contribution in [3.05, 3.63) is 58.9 Å². The zero-order chi connectivity index (χ0) is 15.5. The molecule has 1 atom stereocenters. The summed E-state index contributed by atoms with van der Waals surface area (Å²) in [5.74, 6) is 0. The molecule has 6 heteroatoms. The molecule has 1 aromatic heterocycles. The van der Waals surface area contributed by atoms with E-state index in [2.05, 4.69) is 10.3 Å². The van der Waals surface area contributed by atoms with E-state index < -0.39 is 11.9 Å². The van der Waals surface area contributed by atoms with E-state index in [-0.39, 0.29) is 6.04 Å². The quantitative estimate of drug-likeness (QED) is 0.877. The Kier molecular flexibility index (Phi) is 4.73. The molecule has 1 unspecified atom stereocenters. The molecule has 0 bridgehead atoms. The van der Waals surface area contributed by atoms with Crippen LogP contribution in [0.25, 0.3) is 0 Å². The first kappa shape index (κ1) is 15.6. The Morgan fingerprint density at radius 3 is 2.33 bits per heavy atom. The molecular formula is C15H14ClF3N2. The van der Waals surface area contributed by atoms with Gasteiger partial charge < -0.3 is 5.32 Å². The number of hydrogen-bond donors (Lipinski definition) is 1. The summed E-state index contributed by atoms with van der Waals surface area (Å²) in [4.78, 5) is 3.42. The van der Waals surface area contributed by atoms with E-state index in [0.29, 0.717) is 10.7 Å². The molecule has 21 heavy (non-hydrogen) atoms. The van der Waals surface area contributed by atoms with Crippen LogP contribution in [0.4, 0.5) is 18.9 Å². The number of benzene rings is 1. The molecule has 0 amide bonds. The maximum atomic E-state index is 12.4. The molecule has 1 heterocycles. The minimum absolute atomic E-state index is 0.0599. The molecule has 0 radical (unpaired) electrons. The molecule has 0 saturated carbocycles. The number of anilines is 1. The van der Waals surface area contributed by atoms with E-state index in [1.807, 2.05) is 31.2 Å². The Morgan fingerprint density at radius 1 is 1.14 bits per heavy atom. The smallest absolute Gasteiger partial charge is 0.381 e. The zero-order valence-electron chi connectivity index (χ0n) is 11.3. The fourth-order valence-corrected chi connectivity index (χ4v) is 2.08. The number of halogens is 4. The van der Waals surface area contributed by atoms with Gasteiger partial charge in [0.05, 0.1) is 11.9 Å². The summed E-state index contributed by atoms with van der Waals surface area (Å²) in [5, 5.41) is 3.79. The van der Waals surface area contributed by atoms with Crippen LogP contribution in [0.15, 0.2) is 42.6 Å². The molecule has 0 aliphatic rings. The highest BCUT2D eigenvalue weighted by Gasteiger charge is 2.32. The van der Waals surface area contributed by atoms with Crippen molar-refractivity contribution in [1.82, 2.24) is 4.98 Å². The molecule has 2 aromatic rings. The number of nitrogens with one attached hydrogen (secondary N) is 1. The molecule has 0 aliphatic heterocycles. The van der Waals surface area contributed by atoms with Gasteiger partial charge in [-0.1, -0.05) is 23.7 Å². The SMILES string of the molecule is CC(Cc1ccc(Cl)cc1)Nc1ccc(C(F)(F)F)nc1. The van der Waals surface area contributed by atoms with Gasteiger partial charge in [-0.3, -0.25) is 0 Å². The molecule has 1 aromatic carbocycles. The third-order valence-corrected chi connectivity index (χ3v) is 3.17. The molecule has 0 spiro atoms.